The zero-order valence-electron chi connectivity index (χ0n) is 17.1. The molecule has 0 aliphatic carbocycles. The van der Waals surface area contributed by atoms with Gasteiger partial charge in [0.2, 0.25) is 5.89 Å². The summed E-state index contributed by atoms with van der Waals surface area (Å²) >= 11 is 0. The van der Waals surface area contributed by atoms with E-state index in [1.54, 1.807) is 42.6 Å². The Kier molecular flexibility index (Phi) is 5.08. The zero-order valence-corrected chi connectivity index (χ0v) is 17.1. The third-order valence-corrected chi connectivity index (χ3v) is 5.15. The van der Waals surface area contributed by atoms with Crippen LogP contribution in [0.1, 0.15) is 10.5 Å². The van der Waals surface area contributed by atoms with E-state index >= 15 is 0 Å². The lowest BCUT2D eigenvalue weighted by Crippen LogP contribution is -2.14. The van der Waals surface area contributed by atoms with Gasteiger partial charge >= 0.3 is 0 Å². The molecule has 5 rings (SSSR count). The molecule has 0 saturated heterocycles. The van der Waals surface area contributed by atoms with Crippen LogP contribution in [-0.2, 0) is 0 Å². The number of pyridine rings is 1. The molecular weight excluding hydrogens is 420 g/mol. The number of nitro groups is 1. The Balaban J connectivity index is 1.66. The van der Waals surface area contributed by atoms with Gasteiger partial charge in [0, 0.05) is 28.8 Å². The third kappa shape index (κ3) is 3.81. The summed E-state index contributed by atoms with van der Waals surface area (Å²) in [6.45, 7) is 0. The highest BCUT2D eigenvalue weighted by Gasteiger charge is 2.21. The van der Waals surface area contributed by atoms with Gasteiger partial charge in [-0.3, -0.25) is 19.9 Å². The molecule has 5 aromatic rings. The standard InChI is InChI=1S/C25H16N4O4/c30-24(20-11-4-5-14-26-20)28-19-12-13-21(29(31)32)17-9-6-10-18(23(17)19)25-27-15-22(33-25)16-7-2-1-3-8-16/h1-15H,(H,28,30). The number of oxazole rings is 1. The molecule has 8 heteroatoms. The summed E-state index contributed by atoms with van der Waals surface area (Å²) in [4.78, 5) is 32.5. The summed E-state index contributed by atoms with van der Waals surface area (Å²) in [6, 6.07) is 22.4. The van der Waals surface area contributed by atoms with Gasteiger partial charge in [0.25, 0.3) is 11.6 Å². The highest BCUT2D eigenvalue weighted by molar-refractivity contribution is 6.13. The lowest BCUT2D eigenvalue weighted by Gasteiger charge is -2.12. The van der Waals surface area contributed by atoms with Gasteiger partial charge in [-0.05, 0) is 30.3 Å². The number of hydrogen-bond donors (Lipinski definition) is 1. The molecule has 8 nitrogen and oxygen atoms in total. The molecule has 0 aliphatic rings. The molecule has 0 saturated carbocycles. The minimum atomic E-state index is -0.457. The summed E-state index contributed by atoms with van der Waals surface area (Å²) < 4.78 is 6.00. The Bertz CT molecular complexity index is 1480. The van der Waals surface area contributed by atoms with Crippen LogP contribution in [0.4, 0.5) is 11.4 Å². The first-order chi connectivity index (χ1) is 16.1. The van der Waals surface area contributed by atoms with E-state index in [1.807, 2.05) is 30.3 Å². The molecule has 0 radical (unpaired) electrons. The molecular formula is C25H16N4O4. The lowest BCUT2D eigenvalue weighted by molar-refractivity contribution is -0.383. The molecule has 3 aromatic carbocycles. The van der Waals surface area contributed by atoms with Gasteiger partial charge in [-0.1, -0.05) is 42.5 Å². The summed E-state index contributed by atoms with van der Waals surface area (Å²) in [7, 11) is 0. The number of carbonyl (C=O) groups is 1. The Morgan fingerprint density at radius 1 is 0.909 bits per heavy atom. The largest absolute Gasteiger partial charge is 0.436 e. The Hall–Kier alpha value is -4.85. The second kappa shape index (κ2) is 8.35. The molecule has 0 aliphatic heterocycles. The van der Waals surface area contributed by atoms with Crippen molar-refractivity contribution in [3.05, 3.63) is 107 Å². The minimum absolute atomic E-state index is 0.0856. The molecule has 0 fully saturated rings. The predicted octanol–water partition coefficient (Wildman–Crippen LogP) is 5.72. The van der Waals surface area contributed by atoms with Crippen LogP contribution in [0, 0.1) is 10.1 Å². The van der Waals surface area contributed by atoms with E-state index in [1.165, 1.54) is 18.3 Å². The van der Waals surface area contributed by atoms with E-state index in [9.17, 15) is 14.9 Å². The number of nitro benzene ring substituents is 1. The first-order valence-electron chi connectivity index (χ1n) is 10.1. The number of non-ortho nitro benzene ring substituents is 1. The summed E-state index contributed by atoms with van der Waals surface area (Å²) in [5, 5.41) is 15.3. The zero-order chi connectivity index (χ0) is 22.8. The van der Waals surface area contributed by atoms with Crippen molar-refractivity contribution < 1.29 is 14.1 Å². The van der Waals surface area contributed by atoms with Gasteiger partial charge in [0.05, 0.1) is 22.2 Å². The molecule has 0 atom stereocenters. The normalized spacial score (nSPS) is 10.8. The molecule has 33 heavy (non-hydrogen) atoms. The van der Waals surface area contributed by atoms with Crippen LogP contribution in [0.25, 0.3) is 33.6 Å². The van der Waals surface area contributed by atoms with Crippen molar-refractivity contribution in [1.29, 1.82) is 0 Å². The van der Waals surface area contributed by atoms with Crippen LogP contribution >= 0.6 is 0 Å². The number of anilines is 1. The quantitative estimate of drug-likeness (QED) is 0.279. The van der Waals surface area contributed by atoms with Gasteiger partial charge in [0.15, 0.2) is 5.76 Å². The minimum Gasteiger partial charge on any atom is -0.436 e. The van der Waals surface area contributed by atoms with Crippen LogP contribution in [0.5, 0.6) is 0 Å². The van der Waals surface area contributed by atoms with Crippen molar-refractivity contribution in [2.75, 3.05) is 5.32 Å². The van der Waals surface area contributed by atoms with Crippen molar-refractivity contribution in [1.82, 2.24) is 9.97 Å². The van der Waals surface area contributed by atoms with Crippen molar-refractivity contribution in [2.45, 2.75) is 0 Å². The molecule has 1 N–H and O–H groups in total. The fourth-order valence-electron chi connectivity index (χ4n) is 3.65. The molecule has 0 spiro atoms. The number of nitrogens with one attached hydrogen (secondary N) is 1. The average molecular weight is 436 g/mol. The number of nitrogens with zero attached hydrogens (tertiary/aromatic N) is 3. The Morgan fingerprint density at radius 2 is 1.73 bits per heavy atom. The monoisotopic (exact) mass is 436 g/mol. The van der Waals surface area contributed by atoms with Crippen LogP contribution in [0.3, 0.4) is 0 Å². The second-order valence-corrected chi connectivity index (χ2v) is 7.18. The maximum Gasteiger partial charge on any atom is 0.277 e. The maximum absolute atomic E-state index is 12.8. The van der Waals surface area contributed by atoms with E-state index in [2.05, 4.69) is 15.3 Å². The van der Waals surface area contributed by atoms with Crippen molar-refractivity contribution in [3.8, 4) is 22.8 Å². The van der Waals surface area contributed by atoms with Crippen molar-refractivity contribution >= 4 is 28.1 Å². The number of rotatable bonds is 5. The Labute approximate surface area is 187 Å². The van der Waals surface area contributed by atoms with Crippen LogP contribution in [-0.4, -0.2) is 20.8 Å². The van der Waals surface area contributed by atoms with E-state index in [0.717, 1.165) is 5.56 Å². The first kappa shape index (κ1) is 20.1. The number of amides is 1. The second-order valence-electron chi connectivity index (χ2n) is 7.18. The van der Waals surface area contributed by atoms with Gasteiger partial charge in [-0.2, -0.15) is 0 Å². The number of carbonyl (C=O) groups excluding carboxylic acids is 1. The van der Waals surface area contributed by atoms with E-state index in [4.69, 9.17) is 4.42 Å². The SMILES string of the molecule is O=C(Nc1ccc([N+](=O)[O-])c2cccc(-c3ncc(-c4ccccc4)o3)c12)c1ccccn1. The van der Waals surface area contributed by atoms with Crippen molar-refractivity contribution in [3.63, 3.8) is 0 Å². The summed E-state index contributed by atoms with van der Waals surface area (Å²) in [5.41, 5.74) is 1.91. The third-order valence-electron chi connectivity index (χ3n) is 5.15. The van der Waals surface area contributed by atoms with Gasteiger partial charge in [-0.25, -0.2) is 4.98 Å². The average Bonchev–Trinajstić information content (AvgIpc) is 3.35. The fraction of sp³-hybridized carbons (Fsp3) is 0. The topological polar surface area (TPSA) is 111 Å². The smallest absolute Gasteiger partial charge is 0.277 e. The van der Waals surface area contributed by atoms with E-state index in [0.29, 0.717) is 27.8 Å². The lowest BCUT2D eigenvalue weighted by atomic mass is 10.0. The molecule has 2 heterocycles. The van der Waals surface area contributed by atoms with Crippen LogP contribution in [0.15, 0.2) is 95.7 Å². The van der Waals surface area contributed by atoms with Gasteiger partial charge in [-0.15, -0.1) is 0 Å². The highest BCUT2D eigenvalue weighted by atomic mass is 16.6. The fourth-order valence-corrected chi connectivity index (χ4v) is 3.65. The molecule has 0 bridgehead atoms. The summed E-state index contributed by atoms with van der Waals surface area (Å²) in [5.74, 6) is 0.415. The molecule has 0 unspecified atom stereocenters. The Morgan fingerprint density at radius 3 is 2.48 bits per heavy atom. The molecule has 1 amide bonds. The highest BCUT2D eigenvalue weighted by Crippen LogP contribution is 2.39. The van der Waals surface area contributed by atoms with Crippen LogP contribution in [0.2, 0.25) is 0 Å². The number of benzene rings is 3. The predicted molar refractivity (Wildman–Crippen MR) is 124 cm³/mol. The van der Waals surface area contributed by atoms with Crippen LogP contribution < -0.4 is 5.32 Å². The summed E-state index contributed by atoms with van der Waals surface area (Å²) in [6.07, 6.45) is 3.12. The first-order valence-corrected chi connectivity index (χ1v) is 10.1. The number of hydrogen-bond acceptors (Lipinski definition) is 6. The van der Waals surface area contributed by atoms with Gasteiger partial charge < -0.3 is 9.73 Å². The van der Waals surface area contributed by atoms with E-state index in [-0.39, 0.29) is 17.3 Å². The molecule has 2 aromatic heterocycles. The van der Waals surface area contributed by atoms with Gasteiger partial charge in [0.1, 0.15) is 5.69 Å². The van der Waals surface area contributed by atoms with Crippen molar-refractivity contribution in [2.24, 2.45) is 0 Å². The number of aromatic nitrogens is 2. The molecule has 160 valence electrons. The number of fused-ring (bicyclic) bond motifs is 1. The van der Waals surface area contributed by atoms with E-state index < -0.39 is 10.8 Å². The maximum atomic E-state index is 12.8.